The highest BCUT2D eigenvalue weighted by Crippen LogP contribution is 2.16. The number of benzene rings is 2. The molecule has 0 unspecified atom stereocenters. The molecule has 0 saturated carbocycles. The molecular weight excluding hydrogens is 380 g/mol. The second-order valence-electron chi connectivity index (χ2n) is 6.09. The van der Waals surface area contributed by atoms with E-state index in [1.54, 1.807) is 10.9 Å². The molecule has 0 fully saturated rings. The van der Waals surface area contributed by atoms with Crippen LogP contribution in [0.1, 0.15) is 36.7 Å². The van der Waals surface area contributed by atoms with E-state index >= 15 is 0 Å². The van der Waals surface area contributed by atoms with E-state index in [0.717, 1.165) is 42.0 Å². The van der Waals surface area contributed by atoms with Crippen LogP contribution in [-0.2, 0) is 13.0 Å². The number of H-pyrrole nitrogens is 1. The third kappa shape index (κ3) is 5.52. The van der Waals surface area contributed by atoms with Gasteiger partial charge in [0.1, 0.15) is 12.4 Å². The van der Waals surface area contributed by atoms with E-state index in [4.69, 9.17) is 28.6 Å². The lowest BCUT2D eigenvalue weighted by atomic mass is 10.2. The smallest absolute Gasteiger partial charge is 0.216 e. The Balaban J connectivity index is 1.68. The van der Waals surface area contributed by atoms with E-state index in [9.17, 15) is 0 Å². The predicted molar refractivity (Wildman–Crippen MR) is 111 cm³/mol. The van der Waals surface area contributed by atoms with Gasteiger partial charge >= 0.3 is 0 Å². The van der Waals surface area contributed by atoms with Gasteiger partial charge in [-0.25, -0.2) is 0 Å². The monoisotopic (exact) mass is 400 g/mol. The van der Waals surface area contributed by atoms with Crippen LogP contribution < -0.4 is 4.74 Å². The Bertz CT molecular complexity index is 963. The Morgan fingerprint density at radius 3 is 2.85 bits per heavy atom. The fourth-order valence-corrected chi connectivity index (χ4v) is 2.82. The molecule has 3 rings (SSSR count). The summed E-state index contributed by atoms with van der Waals surface area (Å²) in [4.78, 5) is 0. The molecule has 1 heterocycles. The number of aromatic nitrogens is 3. The second kappa shape index (κ2) is 9.48. The Hall–Kier alpha value is -2.44. The lowest BCUT2D eigenvalue weighted by Gasteiger charge is -2.07. The fourth-order valence-electron chi connectivity index (χ4n) is 2.50. The second-order valence-corrected chi connectivity index (χ2v) is 6.92. The minimum atomic E-state index is 0.478. The zero-order valence-electron chi connectivity index (χ0n) is 15.1. The molecule has 3 aromatic rings. The van der Waals surface area contributed by atoms with E-state index in [1.807, 2.05) is 48.5 Å². The number of nitrogens with one attached hydrogen (secondary N) is 1. The zero-order valence-corrected chi connectivity index (χ0v) is 16.6. The molecule has 5 nitrogen and oxygen atoms in total. The van der Waals surface area contributed by atoms with Crippen LogP contribution >= 0.6 is 23.8 Å². The van der Waals surface area contributed by atoms with E-state index in [2.05, 4.69) is 22.2 Å². The Morgan fingerprint density at radius 1 is 1.26 bits per heavy atom. The van der Waals surface area contributed by atoms with E-state index in [0.29, 0.717) is 16.4 Å². The molecule has 0 aliphatic rings. The van der Waals surface area contributed by atoms with Gasteiger partial charge in [0.15, 0.2) is 5.82 Å². The molecule has 0 atom stereocenters. The first-order chi connectivity index (χ1) is 13.2. The van der Waals surface area contributed by atoms with E-state index in [-0.39, 0.29) is 0 Å². The quantitative estimate of drug-likeness (QED) is 0.407. The summed E-state index contributed by atoms with van der Waals surface area (Å²) in [6.07, 6.45) is 4.74. The summed E-state index contributed by atoms with van der Waals surface area (Å²) in [7, 11) is 0. The Labute approximate surface area is 168 Å². The summed E-state index contributed by atoms with van der Waals surface area (Å²) in [5.41, 5.74) is 1.98. The van der Waals surface area contributed by atoms with Gasteiger partial charge in [-0.3, -0.25) is 5.10 Å². The molecule has 0 bridgehead atoms. The molecule has 7 heteroatoms. The first-order valence-corrected chi connectivity index (χ1v) is 9.62. The normalized spacial score (nSPS) is 11.2. The lowest BCUT2D eigenvalue weighted by molar-refractivity contribution is 0.306. The summed E-state index contributed by atoms with van der Waals surface area (Å²) in [6.45, 7) is 2.62. The predicted octanol–water partition coefficient (Wildman–Crippen LogP) is 5.40. The molecule has 0 radical (unpaired) electrons. The van der Waals surface area contributed by atoms with Crippen LogP contribution in [0.3, 0.4) is 0 Å². The molecule has 0 aliphatic heterocycles. The number of nitrogens with zero attached hydrogens (tertiary/aromatic N) is 3. The molecule has 0 saturated heterocycles. The summed E-state index contributed by atoms with van der Waals surface area (Å²) >= 11 is 11.2. The van der Waals surface area contributed by atoms with Crippen molar-refractivity contribution in [2.75, 3.05) is 0 Å². The average Bonchev–Trinajstić information content (AvgIpc) is 3.04. The van der Waals surface area contributed by atoms with Crippen LogP contribution in [0.2, 0.25) is 5.02 Å². The number of rotatable bonds is 8. The van der Waals surface area contributed by atoms with Gasteiger partial charge in [-0.1, -0.05) is 49.2 Å². The largest absolute Gasteiger partial charge is 0.489 e. The molecule has 0 aliphatic carbocycles. The van der Waals surface area contributed by atoms with Crippen molar-refractivity contribution in [2.45, 2.75) is 32.8 Å². The number of halogens is 1. The number of ether oxygens (including phenoxy) is 1. The number of aromatic amines is 1. The topological polar surface area (TPSA) is 55.2 Å². The fraction of sp³-hybridized carbons (Fsp3) is 0.250. The molecule has 0 spiro atoms. The summed E-state index contributed by atoms with van der Waals surface area (Å²) in [5.74, 6) is 1.61. The van der Waals surface area contributed by atoms with Gasteiger partial charge in [0.2, 0.25) is 4.77 Å². The maximum absolute atomic E-state index is 5.91. The minimum Gasteiger partial charge on any atom is -0.489 e. The van der Waals surface area contributed by atoms with Crippen molar-refractivity contribution in [3.63, 3.8) is 0 Å². The maximum atomic E-state index is 5.91. The zero-order chi connectivity index (χ0) is 19.1. The molecule has 2 aromatic carbocycles. The first kappa shape index (κ1) is 19.3. The number of unbranched alkanes of at least 4 members (excludes halogenated alkanes) is 1. The van der Waals surface area contributed by atoms with Gasteiger partial charge in [0, 0.05) is 11.4 Å². The van der Waals surface area contributed by atoms with Gasteiger partial charge in [0.25, 0.3) is 0 Å². The van der Waals surface area contributed by atoms with Crippen molar-refractivity contribution in [3.8, 4) is 5.75 Å². The minimum absolute atomic E-state index is 0.478. The van der Waals surface area contributed by atoms with Crippen LogP contribution in [0.15, 0.2) is 53.6 Å². The molecular formula is C20H21ClN4OS. The van der Waals surface area contributed by atoms with Gasteiger partial charge in [-0.05, 0) is 54.0 Å². The van der Waals surface area contributed by atoms with Crippen molar-refractivity contribution in [3.05, 3.63) is 75.3 Å². The average molecular weight is 401 g/mol. The summed E-state index contributed by atoms with van der Waals surface area (Å²) in [6, 6.07) is 15.4. The maximum Gasteiger partial charge on any atom is 0.216 e. The highest BCUT2D eigenvalue weighted by molar-refractivity contribution is 7.71. The summed E-state index contributed by atoms with van der Waals surface area (Å²) < 4.78 is 8.03. The SMILES string of the molecule is CCCCc1n[nH]c(=S)n1/N=C\c1cccc(OCc2ccc(Cl)cc2)c1. The van der Waals surface area contributed by atoms with Gasteiger partial charge in [-0.15, -0.1) is 0 Å². The molecule has 27 heavy (non-hydrogen) atoms. The van der Waals surface area contributed by atoms with Crippen LogP contribution in [0.4, 0.5) is 0 Å². The van der Waals surface area contributed by atoms with Gasteiger partial charge in [0.05, 0.1) is 6.21 Å². The van der Waals surface area contributed by atoms with Crippen molar-refractivity contribution >= 4 is 30.0 Å². The number of hydrogen-bond acceptors (Lipinski definition) is 4. The van der Waals surface area contributed by atoms with Crippen LogP contribution in [0, 0.1) is 4.77 Å². The van der Waals surface area contributed by atoms with Crippen molar-refractivity contribution in [1.82, 2.24) is 14.9 Å². The highest BCUT2D eigenvalue weighted by Gasteiger charge is 2.04. The summed E-state index contributed by atoms with van der Waals surface area (Å²) in [5, 5.41) is 12.3. The van der Waals surface area contributed by atoms with Crippen LogP contribution in [0.5, 0.6) is 5.75 Å². The van der Waals surface area contributed by atoms with Crippen LogP contribution in [0.25, 0.3) is 0 Å². The van der Waals surface area contributed by atoms with Crippen molar-refractivity contribution < 1.29 is 4.74 Å². The number of aryl methyl sites for hydroxylation is 1. The van der Waals surface area contributed by atoms with E-state index < -0.39 is 0 Å². The molecule has 1 aromatic heterocycles. The lowest BCUT2D eigenvalue weighted by Crippen LogP contribution is -1.99. The van der Waals surface area contributed by atoms with Crippen molar-refractivity contribution in [2.24, 2.45) is 5.10 Å². The van der Waals surface area contributed by atoms with Gasteiger partial charge in [-0.2, -0.15) is 14.9 Å². The van der Waals surface area contributed by atoms with Crippen molar-refractivity contribution in [1.29, 1.82) is 0 Å². The molecule has 1 N–H and O–H groups in total. The molecule has 0 amide bonds. The van der Waals surface area contributed by atoms with Crippen LogP contribution in [-0.4, -0.2) is 21.1 Å². The number of hydrogen-bond donors (Lipinski definition) is 1. The Morgan fingerprint density at radius 2 is 2.07 bits per heavy atom. The Kier molecular flexibility index (Phi) is 6.79. The molecule has 140 valence electrons. The first-order valence-electron chi connectivity index (χ1n) is 8.83. The standard InChI is InChI=1S/C20H21ClN4OS/c1-2-3-7-19-23-24-20(27)25(19)22-13-16-5-4-6-18(12-16)26-14-15-8-10-17(21)11-9-15/h4-6,8-13H,2-3,7,14H2,1H3,(H,24,27)/b22-13-. The van der Waals surface area contributed by atoms with E-state index in [1.165, 1.54) is 0 Å². The van der Waals surface area contributed by atoms with Gasteiger partial charge < -0.3 is 4.74 Å². The third-order valence-electron chi connectivity index (χ3n) is 3.97. The highest BCUT2D eigenvalue weighted by atomic mass is 35.5. The third-order valence-corrected chi connectivity index (χ3v) is 4.49.